The summed E-state index contributed by atoms with van der Waals surface area (Å²) in [5.74, 6) is 0.488. The predicted octanol–water partition coefficient (Wildman–Crippen LogP) is 2.15. The summed E-state index contributed by atoms with van der Waals surface area (Å²) < 4.78 is 5.28. The van der Waals surface area contributed by atoms with E-state index in [0.717, 1.165) is 19.3 Å². The zero-order chi connectivity index (χ0) is 14.6. The zero-order valence-corrected chi connectivity index (χ0v) is 11.6. The fourth-order valence-corrected chi connectivity index (χ4v) is 2.79. The van der Waals surface area contributed by atoms with Crippen molar-refractivity contribution in [2.24, 2.45) is 16.3 Å². The number of furan rings is 1. The van der Waals surface area contributed by atoms with Gasteiger partial charge in [0, 0.05) is 0 Å². The van der Waals surface area contributed by atoms with Gasteiger partial charge in [-0.15, -0.1) is 0 Å². The van der Waals surface area contributed by atoms with Crippen molar-refractivity contribution in [3.05, 3.63) is 24.2 Å². The summed E-state index contributed by atoms with van der Waals surface area (Å²) in [6.45, 7) is 1.85. The molecule has 1 aromatic heterocycles. The van der Waals surface area contributed by atoms with E-state index < -0.39 is 5.41 Å². The van der Waals surface area contributed by atoms with Crippen LogP contribution >= 0.6 is 0 Å². The zero-order valence-electron chi connectivity index (χ0n) is 11.6. The molecule has 110 valence electrons. The summed E-state index contributed by atoms with van der Waals surface area (Å²) in [7, 11) is 0. The van der Waals surface area contributed by atoms with Crippen molar-refractivity contribution in [3.8, 4) is 0 Å². The smallest absolute Gasteiger partial charge is 0.234 e. The Morgan fingerprint density at radius 2 is 2.20 bits per heavy atom. The number of hydrogen-bond donors (Lipinski definition) is 3. The molecule has 1 aromatic rings. The topological polar surface area (TPSA) is 101 Å². The standard InChI is InChI=1S/C14H21N3O3/c1-10(11-6-5-9-20-11)16-13(18)14(12(15)17-19)7-3-2-4-8-14/h5-6,9-10,19H,2-4,7-8H2,1H3,(H2,15,17)(H,16,18). The van der Waals surface area contributed by atoms with Crippen molar-refractivity contribution < 1.29 is 14.4 Å². The van der Waals surface area contributed by atoms with Gasteiger partial charge in [-0.2, -0.15) is 0 Å². The molecule has 0 aliphatic heterocycles. The van der Waals surface area contributed by atoms with Gasteiger partial charge in [-0.05, 0) is 31.9 Å². The normalized spacial score (nSPS) is 20.4. The van der Waals surface area contributed by atoms with E-state index in [1.54, 1.807) is 12.3 Å². The lowest BCUT2D eigenvalue weighted by molar-refractivity contribution is -0.129. The van der Waals surface area contributed by atoms with Gasteiger partial charge in [-0.1, -0.05) is 24.4 Å². The summed E-state index contributed by atoms with van der Waals surface area (Å²) in [6.07, 6.45) is 5.66. The first-order chi connectivity index (χ1) is 9.60. The second-order valence-electron chi connectivity index (χ2n) is 5.34. The average molecular weight is 279 g/mol. The molecule has 20 heavy (non-hydrogen) atoms. The van der Waals surface area contributed by atoms with Gasteiger partial charge in [-0.25, -0.2) is 0 Å². The van der Waals surface area contributed by atoms with E-state index in [0.29, 0.717) is 18.6 Å². The van der Waals surface area contributed by atoms with Crippen LogP contribution in [0.25, 0.3) is 0 Å². The third-order valence-corrected chi connectivity index (χ3v) is 4.06. The number of rotatable bonds is 4. The lowest BCUT2D eigenvalue weighted by Crippen LogP contribution is -2.51. The molecule has 0 spiro atoms. The molecular formula is C14H21N3O3. The maximum absolute atomic E-state index is 12.6. The molecule has 1 aliphatic carbocycles. The molecule has 2 rings (SSSR count). The number of carbonyl (C=O) groups excluding carboxylic acids is 1. The van der Waals surface area contributed by atoms with E-state index in [9.17, 15) is 4.79 Å². The van der Waals surface area contributed by atoms with Gasteiger partial charge in [0.15, 0.2) is 5.84 Å². The molecule has 1 heterocycles. The van der Waals surface area contributed by atoms with Crippen molar-refractivity contribution in [1.82, 2.24) is 5.32 Å². The molecule has 1 aliphatic rings. The van der Waals surface area contributed by atoms with Gasteiger partial charge in [0.1, 0.15) is 11.2 Å². The Bertz CT molecular complexity index is 476. The van der Waals surface area contributed by atoms with Gasteiger partial charge < -0.3 is 20.7 Å². The second kappa shape index (κ2) is 5.98. The fraction of sp³-hybridized carbons (Fsp3) is 0.571. The van der Waals surface area contributed by atoms with Gasteiger partial charge in [0.2, 0.25) is 5.91 Å². The van der Waals surface area contributed by atoms with E-state index in [4.69, 9.17) is 15.4 Å². The van der Waals surface area contributed by atoms with Crippen molar-refractivity contribution in [1.29, 1.82) is 0 Å². The van der Waals surface area contributed by atoms with Crippen molar-refractivity contribution in [2.45, 2.75) is 45.1 Å². The van der Waals surface area contributed by atoms with Gasteiger partial charge in [0.25, 0.3) is 0 Å². The molecule has 1 amide bonds. The molecule has 1 saturated carbocycles. The maximum Gasteiger partial charge on any atom is 0.234 e. The monoisotopic (exact) mass is 279 g/mol. The first-order valence-corrected chi connectivity index (χ1v) is 6.92. The lowest BCUT2D eigenvalue weighted by atomic mass is 9.72. The molecule has 0 saturated heterocycles. The van der Waals surface area contributed by atoms with E-state index in [-0.39, 0.29) is 17.8 Å². The number of nitrogens with two attached hydrogens (primary N) is 1. The SMILES string of the molecule is CC(NC(=O)C1(C(N)=NO)CCCCC1)c1ccco1. The number of carbonyl (C=O) groups is 1. The van der Waals surface area contributed by atoms with Crippen LogP contribution in [0.2, 0.25) is 0 Å². The van der Waals surface area contributed by atoms with E-state index >= 15 is 0 Å². The molecular weight excluding hydrogens is 258 g/mol. The van der Waals surface area contributed by atoms with E-state index in [2.05, 4.69) is 10.5 Å². The number of oxime groups is 1. The number of nitrogens with one attached hydrogen (secondary N) is 1. The molecule has 0 bridgehead atoms. The van der Waals surface area contributed by atoms with Crippen molar-refractivity contribution in [2.75, 3.05) is 0 Å². The van der Waals surface area contributed by atoms with Crippen LogP contribution in [0.3, 0.4) is 0 Å². The Balaban J connectivity index is 2.15. The summed E-state index contributed by atoms with van der Waals surface area (Å²) in [6, 6.07) is 3.34. The Morgan fingerprint density at radius 1 is 1.50 bits per heavy atom. The minimum atomic E-state index is -0.895. The molecule has 1 atom stereocenters. The molecule has 6 heteroatoms. The largest absolute Gasteiger partial charge is 0.467 e. The Morgan fingerprint density at radius 3 is 2.75 bits per heavy atom. The van der Waals surface area contributed by atoms with Crippen LogP contribution in [0.5, 0.6) is 0 Å². The van der Waals surface area contributed by atoms with Crippen molar-refractivity contribution >= 4 is 11.7 Å². The molecule has 1 unspecified atom stereocenters. The maximum atomic E-state index is 12.6. The fourth-order valence-electron chi connectivity index (χ4n) is 2.79. The van der Waals surface area contributed by atoms with Crippen LogP contribution in [0.4, 0.5) is 0 Å². The van der Waals surface area contributed by atoms with Crippen LogP contribution in [0, 0.1) is 5.41 Å². The van der Waals surface area contributed by atoms with Gasteiger partial charge in [-0.3, -0.25) is 4.79 Å². The molecule has 4 N–H and O–H groups in total. The highest BCUT2D eigenvalue weighted by atomic mass is 16.4. The van der Waals surface area contributed by atoms with Crippen molar-refractivity contribution in [3.63, 3.8) is 0 Å². The first kappa shape index (κ1) is 14.4. The number of amides is 1. The number of hydrogen-bond acceptors (Lipinski definition) is 4. The van der Waals surface area contributed by atoms with E-state index in [1.807, 2.05) is 13.0 Å². The Kier molecular flexibility index (Phi) is 4.32. The van der Waals surface area contributed by atoms with Gasteiger partial charge in [0.05, 0.1) is 12.3 Å². The number of nitrogens with zero attached hydrogens (tertiary/aromatic N) is 1. The Hall–Kier alpha value is -1.98. The molecule has 6 nitrogen and oxygen atoms in total. The highest BCUT2D eigenvalue weighted by molar-refractivity contribution is 6.06. The van der Waals surface area contributed by atoms with Crippen LogP contribution in [-0.4, -0.2) is 17.0 Å². The van der Waals surface area contributed by atoms with Crippen LogP contribution in [0.1, 0.15) is 50.8 Å². The summed E-state index contributed by atoms with van der Waals surface area (Å²) in [4.78, 5) is 12.6. The quantitative estimate of drug-likeness (QED) is 0.340. The third-order valence-electron chi connectivity index (χ3n) is 4.06. The minimum Gasteiger partial charge on any atom is -0.467 e. The average Bonchev–Trinajstić information content (AvgIpc) is 3.01. The molecule has 0 radical (unpaired) electrons. The summed E-state index contributed by atoms with van der Waals surface area (Å²) in [5.41, 5.74) is 4.90. The number of amidine groups is 1. The minimum absolute atomic E-state index is 0.00125. The van der Waals surface area contributed by atoms with Gasteiger partial charge >= 0.3 is 0 Å². The predicted molar refractivity (Wildman–Crippen MR) is 74.2 cm³/mol. The van der Waals surface area contributed by atoms with Crippen LogP contribution < -0.4 is 11.1 Å². The summed E-state index contributed by atoms with van der Waals surface area (Å²) in [5, 5.41) is 15.0. The molecule has 1 fully saturated rings. The van der Waals surface area contributed by atoms with E-state index in [1.165, 1.54) is 0 Å². The Labute approximate surface area is 118 Å². The summed E-state index contributed by atoms with van der Waals surface area (Å²) >= 11 is 0. The highest BCUT2D eigenvalue weighted by Gasteiger charge is 2.44. The molecule has 0 aromatic carbocycles. The van der Waals surface area contributed by atoms with Crippen LogP contribution in [0.15, 0.2) is 28.0 Å². The third kappa shape index (κ3) is 2.64. The lowest BCUT2D eigenvalue weighted by Gasteiger charge is -2.35. The second-order valence-corrected chi connectivity index (χ2v) is 5.34. The van der Waals surface area contributed by atoms with Crippen LogP contribution in [-0.2, 0) is 4.79 Å². The highest BCUT2D eigenvalue weighted by Crippen LogP contribution is 2.37. The first-order valence-electron chi connectivity index (χ1n) is 6.92.